The smallest absolute Gasteiger partial charge is 0.156 e. The summed E-state index contributed by atoms with van der Waals surface area (Å²) in [5.41, 5.74) is 0.643. The number of ether oxygens (including phenoxy) is 1. The molecule has 0 bridgehead atoms. The number of methoxy groups -OCH3 is 1. The molecule has 1 saturated heterocycles. The Morgan fingerprint density at radius 3 is 2.59 bits per heavy atom. The number of aromatic nitrogens is 2. The van der Waals surface area contributed by atoms with Crippen LogP contribution in [0.5, 0.6) is 0 Å². The lowest BCUT2D eigenvalue weighted by Crippen LogP contribution is -2.46. The molecule has 2 heterocycles. The first kappa shape index (κ1) is 17.1. The molecule has 2 rings (SSSR count). The van der Waals surface area contributed by atoms with Crippen molar-refractivity contribution < 1.29 is 13.2 Å². The summed E-state index contributed by atoms with van der Waals surface area (Å²) >= 11 is 0. The van der Waals surface area contributed by atoms with Gasteiger partial charge in [-0.05, 0) is 6.92 Å². The molecule has 124 valence electrons. The Kier molecular flexibility index (Phi) is 4.77. The predicted octanol–water partition coefficient (Wildman–Crippen LogP) is 1.54. The number of anilines is 1. The van der Waals surface area contributed by atoms with Gasteiger partial charge in [-0.1, -0.05) is 20.8 Å². The Balaban J connectivity index is 2.36. The van der Waals surface area contributed by atoms with Gasteiger partial charge in [-0.15, -0.1) is 0 Å². The minimum absolute atomic E-state index is 0.169. The lowest BCUT2D eigenvalue weighted by molar-refractivity contribution is 0.181. The van der Waals surface area contributed by atoms with Crippen LogP contribution in [-0.2, 0) is 26.6 Å². The van der Waals surface area contributed by atoms with Crippen molar-refractivity contribution >= 4 is 15.7 Å². The molecule has 0 N–H and O–H groups in total. The van der Waals surface area contributed by atoms with E-state index in [2.05, 4.69) is 30.7 Å². The van der Waals surface area contributed by atoms with E-state index in [0.717, 1.165) is 17.3 Å². The maximum atomic E-state index is 11.9. The van der Waals surface area contributed by atoms with Crippen LogP contribution in [0, 0.1) is 0 Å². The lowest BCUT2D eigenvalue weighted by Gasteiger charge is -2.32. The maximum Gasteiger partial charge on any atom is 0.156 e. The summed E-state index contributed by atoms with van der Waals surface area (Å²) in [7, 11) is -1.34. The summed E-state index contributed by atoms with van der Waals surface area (Å²) in [6.07, 6.45) is 0. The van der Waals surface area contributed by atoms with Crippen molar-refractivity contribution in [3.63, 3.8) is 0 Å². The van der Waals surface area contributed by atoms with Crippen LogP contribution in [0.4, 0.5) is 5.82 Å². The number of rotatable bonds is 3. The molecular weight excluding hydrogens is 302 g/mol. The Labute approximate surface area is 132 Å². The number of hydrogen-bond acceptors (Lipinski definition) is 6. The highest BCUT2D eigenvalue weighted by molar-refractivity contribution is 7.92. The van der Waals surface area contributed by atoms with Crippen molar-refractivity contribution in [2.45, 2.75) is 45.0 Å². The first-order valence-electron chi connectivity index (χ1n) is 7.47. The molecule has 1 aliphatic heterocycles. The number of hydrogen-bond donors (Lipinski definition) is 0. The Morgan fingerprint density at radius 1 is 1.36 bits per heavy atom. The second-order valence-electron chi connectivity index (χ2n) is 6.85. The fourth-order valence-corrected chi connectivity index (χ4v) is 3.65. The number of sulfone groups is 1. The molecule has 6 nitrogen and oxygen atoms in total. The molecule has 1 aromatic rings. The van der Waals surface area contributed by atoms with Crippen LogP contribution in [0.1, 0.15) is 39.2 Å². The van der Waals surface area contributed by atoms with Gasteiger partial charge in [0.05, 0.1) is 23.3 Å². The molecule has 0 radical (unpaired) electrons. The summed E-state index contributed by atoms with van der Waals surface area (Å²) < 4.78 is 28.9. The van der Waals surface area contributed by atoms with E-state index in [1.54, 1.807) is 14.0 Å². The highest BCUT2D eigenvalue weighted by atomic mass is 32.2. The van der Waals surface area contributed by atoms with Crippen LogP contribution in [-0.4, -0.2) is 49.6 Å². The van der Waals surface area contributed by atoms with E-state index < -0.39 is 9.84 Å². The Bertz CT molecular complexity index is 638. The molecule has 1 aromatic heterocycles. The Morgan fingerprint density at radius 2 is 2.05 bits per heavy atom. The molecule has 1 fully saturated rings. The van der Waals surface area contributed by atoms with Gasteiger partial charge in [-0.25, -0.2) is 18.4 Å². The SMILES string of the molecule is COCc1cc(N2CCS(=O)(=O)C(C)C2)nc(C(C)(C)C)n1. The van der Waals surface area contributed by atoms with Crippen LogP contribution in [0.25, 0.3) is 0 Å². The minimum atomic E-state index is -2.97. The van der Waals surface area contributed by atoms with Crippen molar-refractivity contribution in [1.82, 2.24) is 9.97 Å². The van der Waals surface area contributed by atoms with E-state index in [1.165, 1.54) is 0 Å². The fraction of sp³-hybridized carbons (Fsp3) is 0.733. The van der Waals surface area contributed by atoms with Gasteiger partial charge in [0, 0.05) is 31.7 Å². The van der Waals surface area contributed by atoms with Crippen molar-refractivity contribution in [2.75, 3.05) is 30.9 Å². The molecule has 7 heteroatoms. The third-order valence-electron chi connectivity index (χ3n) is 3.79. The zero-order valence-corrected chi connectivity index (χ0v) is 14.8. The molecular formula is C15H25N3O3S. The van der Waals surface area contributed by atoms with Crippen molar-refractivity contribution in [2.24, 2.45) is 0 Å². The van der Waals surface area contributed by atoms with Gasteiger partial charge in [0.15, 0.2) is 9.84 Å². The summed E-state index contributed by atoms with van der Waals surface area (Å²) in [5, 5.41) is -0.375. The van der Waals surface area contributed by atoms with E-state index in [-0.39, 0.29) is 16.4 Å². The molecule has 1 atom stereocenters. The number of nitrogens with zero attached hydrogens (tertiary/aromatic N) is 3. The van der Waals surface area contributed by atoms with Crippen molar-refractivity contribution in [3.05, 3.63) is 17.6 Å². The highest BCUT2D eigenvalue weighted by Gasteiger charge is 2.31. The van der Waals surface area contributed by atoms with Gasteiger partial charge in [-0.3, -0.25) is 0 Å². The molecule has 1 unspecified atom stereocenters. The second-order valence-corrected chi connectivity index (χ2v) is 9.39. The van der Waals surface area contributed by atoms with E-state index in [4.69, 9.17) is 4.74 Å². The molecule has 0 amide bonds. The molecule has 0 spiro atoms. The zero-order valence-electron chi connectivity index (χ0n) is 14.0. The summed E-state index contributed by atoms with van der Waals surface area (Å²) in [5.74, 6) is 1.70. The maximum absolute atomic E-state index is 11.9. The first-order valence-corrected chi connectivity index (χ1v) is 9.19. The van der Waals surface area contributed by atoms with Gasteiger partial charge >= 0.3 is 0 Å². The minimum Gasteiger partial charge on any atom is -0.378 e. The Hall–Kier alpha value is -1.21. The summed E-state index contributed by atoms with van der Waals surface area (Å²) in [6, 6.07) is 1.89. The second kappa shape index (κ2) is 6.12. The third-order valence-corrected chi connectivity index (χ3v) is 5.92. The quantitative estimate of drug-likeness (QED) is 0.838. The van der Waals surface area contributed by atoms with Gasteiger partial charge in [0.2, 0.25) is 0 Å². The van der Waals surface area contributed by atoms with E-state index in [1.807, 2.05) is 11.0 Å². The standard InChI is InChI=1S/C15H25N3O3S/c1-11-9-18(6-7-22(11,19)20)13-8-12(10-21-5)16-14(17-13)15(2,3)4/h8,11H,6-7,9-10H2,1-5H3. The topological polar surface area (TPSA) is 72.4 Å². The summed E-state index contributed by atoms with van der Waals surface area (Å²) in [4.78, 5) is 11.2. The van der Waals surface area contributed by atoms with Crippen molar-refractivity contribution in [3.8, 4) is 0 Å². The monoisotopic (exact) mass is 327 g/mol. The summed E-state index contributed by atoms with van der Waals surface area (Å²) in [6.45, 7) is 9.29. The average molecular weight is 327 g/mol. The van der Waals surface area contributed by atoms with Crippen molar-refractivity contribution in [1.29, 1.82) is 0 Å². The predicted molar refractivity (Wildman–Crippen MR) is 86.9 cm³/mol. The molecule has 22 heavy (non-hydrogen) atoms. The van der Waals surface area contributed by atoms with E-state index in [9.17, 15) is 8.42 Å². The van der Waals surface area contributed by atoms with Crippen LogP contribution in [0.2, 0.25) is 0 Å². The molecule has 0 aromatic carbocycles. The first-order chi connectivity index (χ1) is 10.1. The average Bonchev–Trinajstić information content (AvgIpc) is 2.41. The molecule has 0 aliphatic carbocycles. The van der Waals surface area contributed by atoms with Crippen LogP contribution >= 0.6 is 0 Å². The normalized spacial score (nSPS) is 21.9. The van der Waals surface area contributed by atoms with Gasteiger partial charge in [-0.2, -0.15) is 0 Å². The highest BCUT2D eigenvalue weighted by Crippen LogP contribution is 2.24. The van der Waals surface area contributed by atoms with E-state index >= 15 is 0 Å². The lowest BCUT2D eigenvalue weighted by atomic mass is 9.95. The van der Waals surface area contributed by atoms with Crippen LogP contribution in [0.3, 0.4) is 0 Å². The van der Waals surface area contributed by atoms with E-state index in [0.29, 0.717) is 19.7 Å². The third kappa shape index (κ3) is 3.76. The van der Waals surface area contributed by atoms with Crippen LogP contribution < -0.4 is 4.90 Å². The zero-order chi connectivity index (χ0) is 16.5. The fourth-order valence-electron chi connectivity index (χ4n) is 2.36. The van der Waals surface area contributed by atoms with Gasteiger partial charge in [0.25, 0.3) is 0 Å². The molecule has 0 saturated carbocycles. The van der Waals surface area contributed by atoms with Gasteiger partial charge < -0.3 is 9.64 Å². The largest absolute Gasteiger partial charge is 0.378 e. The van der Waals surface area contributed by atoms with Gasteiger partial charge in [0.1, 0.15) is 11.6 Å². The molecule has 1 aliphatic rings. The van der Waals surface area contributed by atoms with Crippen LogP contribution in [0.15, 0.2) is 6.07 Å².